The first-order chi connectivity index (χ1) is 19.4. The van der Waals surface area contributed by atoms with Crippen molar-refractivity contribution >= 4 is 29.6 Å². The number of carbonyl (C=O) groups is 3. The largest absolute Gasteiger partial charge is 0.493 e. The molecule has 2 aromatic carbocycles. The molecule has 1 aliphatic heterocycles. The van der Waals surface area contributed by atoms with Crippen LogP contribution in [0.25, 0.3) is 6.08 Å². The Morgan fingerprint density at radius 3 is 2.17 bits per heavy atom. The van der Waals surface area contributed by atoms with Crippen LogP contribution in [0.3, 0.4) is 0 Å². The number of hydrogen-bond donors (Lipinski definition) is 1. The number of ether oxygens (including phenoxy) is 4. The third-order valence-electron chi connectivity index (χ3n) is 6.30. The predicted octanol–water partition coefficient (Wildman–Crippen LogP) is 6.29. The molecule has 0 aliphatic carbocycles. The van der Waals surface area contributed by atoms with Crippen LogP contribution in [0.4, 0.5) is 10.5 Å². The third-order valence-corrected chi connectivity index (χ3v) is 6.30. The Morgan fingerprint density at radius 2 is 1.45 bits per heavy atom. The zero-order chi connectivity index (χ0) is 28.9. The van der Waals surface area contributed by atoms with Gasteiger partial charge in [-0.25, -0.2) is 9.69 Å². The highest BCUT2D eigenvalue weighted by atomic mass is 16.5. The van der Waals surface area contributed by atoms with Crippen molar-refractivity contribution in [2.45, 2.75) is 65.7 Å². The van der Waals surface area contributed by atoms with E-state index < -0.39 is 17.8 Å². The number of benzene rings is 2. The summed E-state index contributed by atoms with van der Waals surface area (Å²) in [6.45, 7) is 7.55. The van der Waals surface area contributed by atoms with E-state index in [1.807, 2.05) is 13.8 Å². The molecule has 1 aliphatic rings. The Hall–Kier alpha value is -4.01. The minimum Gasteiger partial charge on any atom is -0.493 e. The lowest BCUT2D eigenvalue weighted by atomic mass is 10.1. The van der Waals surface area contributed by atoms with Crippen LogP contribution in [-0.4, -0.2) is 44.8 Å². The van der Waals surface area contributed by atoms with Gasteiger partial charge in [0.05, 0.1) is 32.6 Å². The van der Waals surface area contributed by atoms with Crippen LogP contribution >= 0.6 is 0 Å². The van der Waals surface area contributed by atoms with E-state index in [-0.39, 0.29) is 11.3 Å². The van der Waals surface area contributed by atoms with E-state index in [0.29, 0.717) is 48.4 Å². The summed E-state index contributed by atoms with van der Waals surface area (Å²) in [5.74, 6) is 0.457. The van der Waals surface area contributed by atoms with Gasteiger partial charge >= 0.3 is 6.03 Å². The van der Waals surface area contributed by atoms with Gasteiger partial charge in [-0.3, -0.25) is 14.9 Å². The maximum Gasteiger partial charge on any atom is 0.335 e. The zero-order valence-corrected chi connectivity index (χ0v) is 23.9. The SMILES string of the molecule is CCCCCCCCOc1ccc(/C=C2/C(=O)NC(=O)N(c3ccc(OCCC)c(OC)c3)C2=O)cc1OCC. The number of rotatable bonds is 16. The molecule has 0 unspecified atom stereocenters. The average Bonchev–Trinajstić information content (AvgIpc) is 2.95. The smallest absolute Gasteiger partial charge is 0.335 e. The average molecular weight is 553 g/mol. The maximum atomic E-state index is 13.4. The fourth-order valence-corrected chi connectivity index (χ4v) is 4.25. The fourth-order valence-electron chi connectivity index (χ4n) is 4.25. The van der Waals surface area contributed by atoms with Gasteiger partial charge in [-0.15, -0.1) is 0 Å². The first kappa shape index (κ1) is 30.5. The summed E-state index contributed by atoms with van der Waals surface area (Å²) in [5.41, 5.74) is 0.618. The quantitative estimate of drug-likeness (QED) is 0.148. The molecule has 1 N–H and O–H groups in total. The lowest BCUT2D eigenvalue weighted by molar-refractivity contribution is -0.122. The summed E-state index contributed by atoms with van der Waals surface area (Å²) in [4.78, 5) is 39.7. The molecule has 40 heavy (non-hydrogen) atoms. The monoisotopic (exact) mass is 552 g/mol. The van der Waals surface area contributed by atoms with Crippen LogP contribution in [0.1, 0.15) is 71.3 Å². The number of anilines is 1. The first-order valence-corrected chi connectivity index (χ1v) is 14.0. The first-order valence-electron chi connectivity index (χ1n) is 14.0. The second-order valence-electron chi connectivity index (χ2n) is 9.40. The number of methoxy groups -OCH3 is 1. The fraction of sp³-hybridized carbons (Fsp3) is 0.452. The normalized spacial score (nSPS) is 14.3. The molecule has 1 saturated heterocycles. The molecule has 2 aromatic rings. The van der Waals surface area contributed by atoms with Gasteiger partial charge in [-0.05, 0) is 55.7 Å². The number of nitrogens with zero attached hydrogens (tertiary/aromatic N) is 1. The van der Waals surface area contributed by atoms with Gasteiger partial charge in [0.2, 0.25) is 0 Å². The van der Waals surface area contributed by atoms with E-state index >= 15 is 0 Å². The van der Waals surface area contributed by atoms with Crippen molar-refractivity contribution in [3.05, 3.63) is 47.5 Å². The molecule has 4 amide bonds. The van der Waals surface area contributed by atoms with Gasteiger partial charge in [-0.2, -0.15) is 0 Å². The highest BCUT2D eigenvalue weighted by molar-refractivity contribution is 6.39. The van der Waals surface area contributed by atoms with Gasteiger partial charge in [0, 0.05) is 6.07 Å². The Morgan fingerprint density at radius 1 is 0.750 bits per heavy atom. The van der Waals surface area contributed by atoms with Crippen LogP contribution in [-0.2, 0) is 9.59 Å². The molecule has 0 aromatic heterocycles. The van der Waals surface area contributed by atoms with Crippen molar-refractivity contribution in [3.8, 4) is 23.0 Å². The molecule has 0 spiro atoms. The third kappa shape index (κ3) is 8.00. The molecule has 0 atom stereocenters. The lowest BCUT2D eigenvalue weighted by Gasteiger charge is -2.27. The van der Waals surface area contributed by atoms with Gasteiger partial charge in [-0.1, -0.05) is 52.0 Å². The van der Waals surface area contributed by atoms with Crippen molar-refractivity contribution in [2.24, 2.45) is 0 Å². The number of hydrogen-bond acceptors (Lipinski definition) is 7. The standard InChI is InChI=1S/C31H40N2O7/c1-5-8-9-10-11-12-18-40-26-15-13-22(20-28(26)38-7-3)19-24-29(34)32-31(36)33(30(24)35)23-14-16-25(39-17-6-2)27(21-23)37-4/h13-16,19-21H,5-12,17-18H2,1-4H3,(H,32,34,36)/b24-19-. The molecule has 9 nitrogen and oxygen atoms in total. The molecule has 0 saturated carbocycles. The maximum absolute atomic E-state index is 13.4. The highest BCUT2D eigenvalue weighted by Gasteiger charge is 2.37. The highest BCUT2D eigenvalue weighted by Crippen LogP contribution is 2.34. The van der Waals surface area contributed by atoms with Crippen LogP contribution < -0.4 is 29.2 Å². The van der Waals surface area contributed by atoms with E-state index in [0.717, 1.165) is 24.2 Å². The van der Waals surface area contributed by atoms with Gasteiger partial charge in [0.1, 0.15) is 5.57 Å². The van der Waals surface area contributed by atoms with Crippen LogP contribution in [0.15, 0.2) is 42.0 Å². The second kappa shape index (κ2) is 15.5. The number of carbonyl (C=O) groups excluding carboxylic acids is 3. The molecule has 0 radical (unpaired) electrons. The Balaban J connectivity index is 1.80. The van der Waals surface area contributed by atoms with Crippen molar-refractivity contribution in [1.29, 1.82) is 0 Å². The molecule has 1 heterocycles. The summed E-state index contributed by atoms with van der Waals surface area (Å²) in [5, 5.41) is 2.25. The van der Waals surface area contributed by atoms with E-state index in [2.05, 4.69) is 12.2 Å². The molecule has 3 rings (SSSR count). The molecule has 216 valence electrons. The van der Waals surface area contributed by atoms with Crippen molar-refractivity contribution in [2.75, 3.05) is 31.8 Å². The molecular formula is C31H40N2O7. The van der Waals surface area contributed by atoms with Crippen molar-refractivity contribution in [1.82, 2.24) is 5.32 Å². The van der Waals surface area contributed by atoms with Crippen LogP contribution in [0.2, 0.25) is 0 Å². The minimum atomic E-state index is -0.843. The summed E-state index contributed by atoms with van der Waals surface area (Å²) in [6, 6.07) is 9.11. The summed E-state index contributed by atoms with van der Waals surface area (Å²) < 4.78 is 22.8. The Bertz CT molecular complexity index is 1210. The number of unbranched alkanes of at least 4 members (excludes halogenated alkanes) is 5. The number of urea groups is 1. The van der Waals surface area contributed by atoms with E-state index in [1.165, 1.54) is 44.9 Å². The van der Waals surface area contributed by atoms with E-state index in [1.54, 1.807) is 30.3 Å². The number of nitrogens with one attached hydrogen (secondary N) is 1. The van der Waals surface area contributed by atoms with Gasteiger partial charge in [0.15, 0.2) is 23.0 Å². The van der Waals surface area contributed by atoms with Gasteiger partial charge < -0.3 is 18.9 Å². The number of imide groups is 2. The molecule has 9 heteroatoms. The lowest BCUT2D eigenvalue weighted by Crippen LogP contribution is -2.54. The number of amides is 4. The molecule has 0 bridgehead atoms. The topological polar surface area (TPSA) is 103 Å². The van der Waals surface area contributed by atoms with E-state index in [9.17, 15) is 14.4 Å². The van der Waals surface area contributed by atoms with E-state index in [4.69, 9.17) is 18.9 Å². The van der Waals surface area contributed by atoms with Crippen LogP contribution in [0.5, 0.6) is 23.0 Å². The minimum absolute atomic E-state index is 0.187. The molecule has 1 fully saturated rings. The summed E-state index contributed by atoms with van der Waals surface area (Å²) in [7, 11) is 1.47. The summed E-state index contributed by atoms with van der Waals surface area (Å²) >= 11 is 0. The Kier molecular flexibility index (Phi) is 11.9. The molecular weight excluding hydrogens is 512 g/mol. The van der Waals surface area contributed by atoms with Gasteiger partial charge in [0.25, 0.3) is 11.8 Å². The Labute approximate surface area is 236 Å². The predicted molar refractivity (Wildman–Crippen MR) is 154 cm³/mol. The summed E-state index contributed by atoms with van der Waals surface area (Å²) in [6.07, 6.45) is 9.23. The zero-order valence-electron chi connectivity index (χ0n) is 23.9. The van der Waals surface area contributed by atoms with Crippen molar-refractivity contribution < 1.29 is 33.3 Å². The van der Waals surface area contributed by atoms with Crippen molar-refractivity contribution in [3.63, 3.8) is 0 Å². The van der Waals surface area contributed by atoms with Crippen LogP contribution in [0, 0.1) is 0 Å². The second-order valence-corrected chi connectivity index (χ2v) is 9.40. The number of barbiturate groups is 1.